The van der Waals surface area contributed by atoms with Crippen LogP contribution in [0, 0.1) is 0 Å². The van der Waals surface area contributed by atoms with E-state index in [1.54, 1.807) is 11.3 Å². The Morgan fingerprint density at radius 3 is 2.84 bits per heavy atom. The van der Waals surface area contributed by atoms with Crippen molar-refractivity contribution in [3.63, 3.8) is 0 Å². The van der Waals surface area contributed by atoms with Gasteiger partial charge in [0.05, 0.1) is 13.1 Å². The first-order valence-corrected chi connectivity index (χ1v) is 9.87. The molecule has 2 aromatic rings. The lowest BCUT2D eigenvalue weighted by Gasteiger charge is -2.12. The molecule has 6 heteroatoms. The number of hydrogen-bond donors (Lipinski definition) is 2. The highest BCUT2D eigenvalue weighted by molar-refractivity contribution is 7.09. The molecular weight excluding hydrogens is 332 g/mol. The van der Waals surface area contributed by atoms with Crippen molar-refractivity contribution in [3.8, 4) is 5.88 Å². The quantitative estimate of drug-likeness (QED) is 0.585. The Morgan fingerprint density at radius 2 is 2.16 bits per heavy atom. The fourth-order valence-corrected chi connectivity index (χ4v) is 3.49. The summed E-state index contributed by atoms with van der Waals surface area (Å²) in [5.74, 6) is 1.55. The van der Waals surface area contributed by atoms with E-state index in [1.807, 2.05) is 18.3 Å². The molecule has 0 unspecified atom stereocenters. The Bertz CT molecular complexity index is 649. The molecule has 0 spiro atoms. The van der Waals surface area contributed by atoms with E-state index in [4.69, 9.17) is 4.74 Å². The predicted molar refractivity (Wildman–Crippen MR) is 103 cm³/mol. The molecule has 3 rings (SSSR count). The van der Waals surface area contributed by atoms with Crippen LogP contribution in [0.5, 0.6) is 5.88 Å². The van der Waals surface area contributed by atoms with Gasteiger partial charge in [0.1, 0.15) is 6.10 Å². The minimum Gasteiger partial charge on any atom is -0.474 e. The van der Waals surface area contributed by atoms with Crippen LogP contribution in [-0.4, -0.2) is 23.6 Å². The van der Waals surface area contributed by atoms with Gasteiger partial charge in [0.25, 0.3) is 0 Å². The second kappa shape index (κ2) is 9.42. The van der Waals surface area contributed by atoms with Crippen LogP contribution in [0.4, 0.5) is 0 Å². The molecule has 0 bridgehead atoms. The maximum atomic E-state index is 5.90. The number of ether oxygens (including phenoxy) is 1. The fourth-order valence-electron chi connectivity index (χ4n) is 2.85. The summed E-state index contributed by atoms with van der Waals surface area (Å²) in [6.07, 6.45) is 7.03. The maximum absolute atomic E-state index is 5.90. The molecular formula is C19H26N4OS. The van der Waals surface area contributed by atoms with Gasteiger partial charge in [-0.05, 0) is 49.6 Å². The van der Waals surface area contributed by atoms with Crippen molar-refractivity contribution < 1.29 is 4.74 Å². The molecule has 2 N–H and O–H groups in total. The van der Waals surface area contributed by atoms with Gasteiger partial charge in [-0.25, -0.2) is 9.98 Å². The van der Waals surface area contributed by atoms with Crippen LogP contribution in [0.15, 0.2) is 40.8 Å². The highest BCUT2D eigenvalue weighted by Crippen LogP contribution is 2.22. The van der Waals surface area contributed by atoms with Gasteiger partial charge >= 0.3 is 0 Å². The summed E-state index contributed by atoms with van der Waals surface area (Å²) in [6, 6.07) is 8.18. The molecule has 1 saturated carbocycles. The molecule has 0 atom stereocenters. The van der Waals surface area contributed by atoms with Crippen LogP contribution >= 0.6 is 11.3 Å². The number of nitrogens with one attached hydrogen (secondary N) is 2. The zero-order valence-corrected chi connectivity index (χ0v) is 15.5. The van der Waals surface area contributed by atoms with Crippen molar-refractivity contribution in [2.75, 3.05) is 6.54 Å². The van der Waals surface area contributed by atoms with Crippen LogP contribution in [0.1, 0.15) is 43.0 Å². The molecule has 2 heterocycles. The normalized spacial score (nSPS) is 15.3. The van der Waals surface area contributed by atoms with Gasteiger partial charge in [-0.2, -0.15) is 0 Å². The summed E-state index contributed by atoms with van der Waals surface area (Å²) in [6.45, 7) is 4.29. The largest absolute Gasteiger partial charge is 0.474 e. The van der Waals surface area contributed by atoms with E-state index in [1.165, 1.54) is 17.7 Å². The Labute approximate surface area is 153 Å². The highest BCUT2D eigenvalue weighted by atomic mass is 32.1. The Morgan fingerprint density at radius 1 is 1.28 bits per heavy atom. The highest BCUT2D eigenvalue weighted by Gasteiger charge is 2.16. The first-order chi connectivity index (χ1) is 12.3. The van der Waals surface area contributed by atoms with Gasteiger partial charge in [0, 0.05) is 23.7 Å². The molecule has 0 aliphatic heterocycles. The first-order valence-electron chi connectivity index (χ1n) is 8.99. The standard InChI is InChI=1S/C19H26N4OS/c1-2-20-19(23-14-17-8-5-11-25-17)22-13-15-9-10-18(21-12-15)24-16-6-3-4-7-16/h5,8-12,16H,2-4,6-7,13-14H2,1H3,(H2,20,22,23). The third-order valence-electron chi connectivity index (χ3n) is 4.16. The van der Waals surface area contributed by atoms with Gasteiger partial charge in [0.2, 0.25) is 5.88 Å². The number of pyridine rings is 1. The molecule has 0 saturated heterocycles. The number of rotatable bonds is 7. The molecule has 0 amide bonds. The van der Waals surface area contributed by atoms with E-state index in [9.17, 15) is 0 Å². The van der Waals surface area contributed by atoms with Crippen molar-refractivity contribution in [2.45, 2.75) is 51.8 Å². The van der Waals surface area contributed by atoms with Crippen molar-refractivity contribution in [3.05, 3.63) is 46.3 Å². The van der Waals surface area contributed by atoms with Crippen LogP contribution in [0.25, 0.3) is 0 Å². The monoisotopic (exact) mass is 358 g/mol. The number of aromatic nitrogens is 1. The molecule has 1 aliphatic rings. The molecule has 1 aliphatic carbocycles. The maximum Gasteiger partial charge on any atom is 0.213 e. The lowest BCUT2D eigenvalue weighted by molar-refractivity contribution is 0.201. The predicted octanol–water partition coefficient (Wildman–Crippen LogP) is 3.72. The average Bonchev–Trinajstić information content (AvgIpc) is 3.32. The van der Waals surface area contributed by atoms with E-state index in [0.29, 0.717) is 12.6 Å². The van der Waals surface area contributed by atoms with Crippen molar-refractivity contribution in [1.82, 2.24) is 15.6 Å². The summed E-state index contributed by atoms with van der Waals surface area (Å²) >= 11 is 1.74. The SMILES string of the molecule is CCNC(=NCc1ccc(OC2CCCC2)nc1)NCc1cccs1. The molecule has 0 aromatic carbocycles. The van der Waals surface area contributed by atoms with Crippen LogP contribution in [0.3, 0.4) is 0 Å². The van der Waals surface area contributed by atoms with E-state index in [-0.39, 0.29) is 0 Å². The summed E-state index contributed by atoms with van der Waals surface area (Å²) in [5, 5.41) is 8.72. The summed E-state index contributed by atoms with van der Waals surface area (Å²) in [7, 11) is 0. The summed E-state index contributed by atoms with van der Waals surface area (Å²) in [4.78, 5) is 10.3. The van der Waals surface area contributed by atoms with E-state index in [2.05, 4.69) is 45.0 Å². The van der Waals surface area contributed by atoms with Crippen molar-refractivity contribution >= 4 is 17.3 Å². The minimum atomic E-state index is 0.346. The van der Waals surface area contributed by atoms with Gasteiger partial charge in [-0.3, -0.25) is 0 Å². The van der Waals surface area contributed by atoms with Crippen molar-refractivity contribution in [2.24, 2.45) is 4.99 Å². The van der Waals surface area contributed by atoms with Gasteiger partial charge < -0.3 is 15.4 Å². The van der Waals surface area contributed by atoms with E-state index >= 15 is 0 Å². The second-order valence-electron chi connectivity index (χ2n) is 6.16. The minimum absolute atomic E-state index is 0.346. The lowest BCUT2D eigenvalue weighted by Crippen LogP contribution is -2.36. The first kappa shape index (κ1) is 17.7. The third-order valence-corrected chi connectivity index (χ3v) is 5.04. The van der Waals surface area contributed by atoms with Gasteiger partial charge in [-0.1, -0.05) is 12.1 Å². The zero-order chi connectivity index (χ0) is 17.3. The van der Waals surface area contributed by atoms with Crippen LogP contribution in [-0.2, 0) is 13.1 Å². The number of aliphatic imine (C=N–C) groups is 1. The number of hydrogen-bond acceptors (Lipinski definition) is 4. The Hall–Kier alpha value is -2.08. The zero-order valence-electron chi connectivity index (χ0n) is 14.7. The summed E-state index contributed by atoms with van der Waals surface area (Å²) in [5.41, 5.74) is 1.08. The van der Waals surface area contributed by atoms with Crippen molar-refractivity contribution in [1.29, 1.82) is 0 Å². The molecule has 25 heavy (non-hydrogen) atoms. The Balaban J connectivity index is 1.52. The third kappa shape index (κ3) is 5.74. The number of guanidine groups is 1. The number of nitrogens with zero attached hydrogens (tertiary/aromatic N) is 2. The second-order valence-corrected chi connectivity index (χ2v) is 7.19. The fraction of sp³-hybridized carbons (Fsp3) is 0.474. The van der Waals surface area contributed by atoms with Gasteiger partial charge in [-0.15, -0.1) is 11.3 Å². The van der Waals surface area contributed by atoms with E-state index in [0.717, 1.165) is 43.3 Å². The van der Waals surface area contributed by atoms with Gasteiger partial charge in [0.15, 0.2) is 5.96 Å². The summed E-state index contributed by atoms with van der Waals surface area (Å²) < 4.78 is 5.90. The lowest BCUT2D eigenvalue weighted by atomic mass is 10.3. The molecule has 134 valence electrons. The topological polar surface area (TPSA) is 58.5 Å². The molecule has 2 aromatic heterocycles. The molecule has 1 fully saturated rings. The number of thiophene rings is 1. The molecule has 0 radical (unpaired) electrons. The molecule has 5 nitrogen and oxygen atoms in total. The van der Waals surface area contributed by atoms with E-state index < -0.39 is 0 Å². The van der Waals surface area contributed by atoms with Crippen LogP contribution < -0.4 is 15.4 Å². The Kier molecular flexibility index (Phi) is 6.68. The smallest absolute Gasteiger partial charge is 0.213 e. The average molecular weight is 359 g/mol. The van der Waals surface area contributed by atoms with Crippen LogP contribution in [0.2, 0.25) is 0 Å².